The molecule has 104 valence electrons. The van der Waals surface area contributed by atoms with E-state index in [2.05, 4.69) is 10.1 Å². The molecule has 0 saturated heterocycles. The fraction of sp³-hybridized carbons (Fsp3) is 0.0714. The van der Waals surface area contributed by atoms with Crippen LogP contribution in [0.4, 0.5) is 13.2 Å². The Morgan fingerprint density at radius 3 is 2.67 bits per heavy atom. The maximum absolute atomic E-state index is 12.8. The van der Waals surface area contributed by atoms with Crippen LogP contribution in [0.5, 0.6) is 0 Å². The van der Waals surface area contributed by atoms with Gasteiger partial charge < -0.3 is 0 Å². The van der Waals surface area contributed by atoms with Crippen LogP contribution in [0.2, 0.25) is 0 Å². The van der Waals surface area contributed by atoms with Crippen LogP contribution in [0, 0.1) is 11.3 Å². The first-order valence-corrected chi connectivity index (χ1v) is 5.92. The molecule has 0 bridgehead atoms. The fourth-order valence-electron chi connectivity index (χ4n) is 2.07. The monoisotopic (exact) mass is 288 g/mol. The summed E-state index contributed by atoms with van der Waals surface area (Å²) in [6.07, 6.45) is -2.97. The molecule has 0 amide bonds. The lowest BCUT2D eigenvalue weighted by Gasteiger charge is -2.08. The number of imidazole rings is 1. The van der Waals surface area contributed by atoms with Gasteiger partial charge in [0.2, 0.25) is 0 Å². The molecule has 0 spiro atoms. The van der Waals surface area contributed by atoms with Gasteiger partial charge in [0.1, 0.15) is 11.8 Å². The van der Waals surface area contributed by atoms with Crippen LogP contribution in [-0.2, 0) is 6.18 Å². The fourth-order valence-corrected chi connectivity index (χ4v) is 2.07. The lowest BCUT2D eigenvalue weighted by atomic mass is 10.1. The van der Waals surface area contributed by atoms with E-state index >= 15 is 0 Å². The zero-order valence-electron chi connectivity index (χ0n) is 10.5. The number of hydrogen-bond donors (Lipinski definition) is 0. The predicted octanol–water partition coefficient (Wildman–Crippen LogP) is 3.29. The van der Waals surface area contributed by atoms with Crippen molar-refractivity contribution in [2.75, 3.05) is 0 Å². The molecule has 2 aromatic heterocycles. The van der Waals surface area contributed by atoms with Gasteiger partial charge in [-0.3, -0.25) is 0 Å². The van der Waals surface area contributed by atoms with Crippen molar-refractivity contribution >= 4 is 5.65 Å². The number of fused-ring (bicyclic) bond motifs is 1. The molecule has 0 aliphatic carbocycles. The Bertz CT molecular complexity index is 859. The van der Waals surface area contributed by atoms with Gasteiger partial charge in [-0.15, -0.1) is 0 Å². The number of hydrogen-bond acceptors (Lipinski definition) is 3. The van der Waals surface area contributed by atoms with Gasteiger partial charge in [-0.25, -0.2) is 9.50 Å². The Hall–Kier alpha value is -2.88. The molecule has 2 heterocycles. The van der Waals surface area contributed by atoms with E-state index in [9.17, 15) is 13.2 Å². The van der Waals surface area contributed by atoms with E-state index in [1.807, 2.05) is 6.07 Å². The largest absolute Gasteiger partial charge is 0.416 e. The van der Waals surface area contributed by atoms with Crippen molar-refractivity contribution in [2.24, 2.45) is 0 Å². The highest BCUT2D eigenvalue weighted by Gasteiger charge is 2.31. The second-order valence-electron chi connectivity index (χ2n) is 4.29. The van der Waals surface area contributed by atoms with Gasteiger partial charge in [0, 0.05) is 11.8 Å². The van der Waals surface area contributed by atoms with E-state index in [0.717, 1.165) is 12.1 Å². The Kier molecular flexibility index (Phi) is 2.87. The van der Waals surface area contributed by atoms with Crippen LogP contribution in [0.3, 0.4) is 0 Å². The van der Waals surface area contributed by atoms with E-state index in [1.165, 1.54) is 22.8 Å². The van der Waals surface area contributed by atoms with Crippen molar-refractivity contribution in [3.63, 3.8) is 0 Å². The van der Waals surface area contributed by atoms with Crippen molar-refractivity contribution in [1.82, 2.24) is 14.6 Å². The molecular formula is C14H7F3N4. The number of benzene rings is 1. The summed E-state index contributed by atoms with van der Waals surface area (Å²) in [5, 5.41) is 13.2. The highest BCUT2D eigenvalue weighted by Crippen LogP contribution is 2.33. The van der Waals surface area contributed by atoms with Crippen LogP contribution in [0.25, 0.3) is 16.9 Å². The summed E-state index contributed by atoms with van der Waals surface area (Å²) in [6.45, 7) is 0. The lowest BCUT2D eigenvalue weighted by molar-refractivity contribution is -0.137. The molecule has 1 aromatic carbocycles. The van der Waals surface area contributed by atoms with Crippen molar-refractivity contribution in [1.29, 1.82) is 5.26 Å². The number of halogens is 3. The summed E-state index contributed by atoms with van der Waals surface area (Å²) >= 11 is 0. The molecule has 0 aliphatic heterocycles. The molecule has 0 atom stereocenters. The molecule has 0 N–H and O–H groups in total. The standard InChI is InChI=1S/C14H7F3N4/c15-14(16,17)10-4-1-3-9(7-10)13-11(8-18)20-12-5-2-6-19-21(12)13/h1-7H. The van der Waals surface area contributed by atoms with Crippen molar-refractivity contribution in [3.8, 4) is 17.3 Å². The van der Waals surface area contributed by atoms with Gasteiger partial charge in [0.15, 0.2) is 11.3 Å². The maximum atomic E-state index is 12.8. The van der Waals surface area contributed by atoms with E-state index in [4.69, 9.17) is 5.26 Å². The molecule has 0 saturated carbocycles. The molecule has 3 aromatic rings. The van der Waals surface area contributed by atoms with Crippen molar-refractivity contribution in [3.05, 3.63) is 53.9 Å². The van der Waals surface area contributed by atoms with E-state index < -0.39 is 11.7 Å². The number of aromatic nitrogens is 3. The summed E-state index contributed by atoms with van der Waals surface area (Å²) in [5.74, 6) is 0. The summed E-state index contributed by atoms with van der Waals surface area (Å²) in [6, 6.07) is 9.91. The first-order chi connectivity index (χ1) is 10.0. The molecule has 4 nitrogen and oxygen atoms in total. The van der Waals surface area contributed by atoms with Gasteiger partial charge in [0.25, 0.3) is 0 Å². The molecule has 0 unspecified atom stereocenters. The number of nitriles is 1. The summed E-state index contributed by atoms with van der Waals surface area (Å²) < 4.78 is 39.8. The van der Waals surface area contributed by atoms with E-state index in [-0.39, 0.29) is 17.0 Å². The highest BCUT2D eigenvalue weighted by molar-refractivity contribution is 5.70. The summed E-state index contributed by atoms with van der Waals surface area (Å²) in [7, 11) is 0. The maximum Gasteiger partial charge on any atom is 0.416 e. The highest BCUT2D eigenvalue weighted by atomic mass is 19.4. The lowest BCUT2D eigenvalue weighted by Crippen LogP contribution is -2.05. The third-order valence-corrected chi connectivity index (χ3v) is 2.96. The quantitative estimate of drug-likeness (QED) is 0.690. The Morgan fingerprint density at radius 1 is 1.14 bits per heavy atom. The molecule has 21 heavy (non-hydrogen) atoms. The SMILES string of the molecule is N#Cc1nc2cccnn2c1-c1cccc(C(F)(F)F)c1. The van der Waals surface area contributed by atoms with Gasteiger partial charge in [-0.05, 0) is 24.3 Å². The number of nitrogens with zero attached hydrogens (tertiary/aromatic N) is 4. The average molecular weight is 288 g/mol. The smallest absolute Gasteiger partial charge is 0.216 e. The topological polar surface area (TPSA) is 54.0 Å². The van der Waals surface area contributed by atoms with Gasteiger partial charge in [0.05, 0.1) is 5.56 Å². The molecule has 0 fully saturated rings. The zero-order chi connectivity index (χ0) is 15.0. The third kappa shape index (κ3) is 2.21. The predicted molar refractivity (Wildman–Crippen MR) is 68.1 cm³/mol. The van der Waals surface area contributed by atoms with Crippen molar-refractivity contribution in [2.45, 2.75) is 6.18 Å². The van der Waals surface area contributed by atoms with Crippen LogP contribution >= 0.6 is 0 Å². The number of rotatable bonds is 1. The average Bonchev–Trinajstić information content (AvgIpc) is 2.85. The molecule has 7 heteroatoms. The minimum Gasteiger partial charge on any atom is -0.216 e. The van der Waals surface area contributed by atoms with Gasteiger partial charge >= 0.3 is 6.18 Å². The minimum atomic E-state index is -4.45. The first-order valence-electron chi connectivity index (χ1n) is 5.92. The summed E-state index contributed by atoms with van der Waals surface area (Å²) in [5.41, 5.74) is 0.149. The Labute approximate surface area is 117 Å². The minimum absolute atomic E-state index is 0.0352. The first kappa shape index (κ1) is 13.1. The second kappa shape index (κ2) is 4.59. The van der Waals surface area contributed by atoms with Gasteiger partial charge in [-0.2, -0.15) is 23.5 Å². The van der Waals surface area contributed by atoms with E-state index in [1.54, 1.807) is 12.1 Å². The molecule has 3 rings (SSSR count). The second-order valence-corrected chi connectivity index (χ2v) is 4.29. The Balaban J connectivity index is 2.28. The molecular weight excluding hydrogens is 281 g/mol. The summed E-state index contributed by atoms with van der Waals surface area (Å²) in [4.78, 5) is 4.06. The zero-order valence-corrected chi connectivity index (χ0v) is 10.5. The Morgan fingerprint density at radius 2 is 1.95 bits per heavy atom. The molecule has 0 radical (unpaired) electrons. The van der Waals surface area contributed by atoms with Gasteiger partial charge in [-0.1, -0.05) is 12.1 Å². The van der Waals surface area contributed by atoms with Crippen molar-refractivity contribution < 1.29 is 13.2 Å². The third-order valence-electron chi connectivity index (χ3n) is 2.96. The number of alkyl halides is 3. The van der Waals surface area contributed by atoms with Crippen LogP contribution in [0.15, 0.2) is 42.6 Å². The van der Waals surface area contributed by atoms with Crippen LogP contribution in [-0.4, -0.2) is 14.6 Å². The van der Waals surface area contributed by atoms with Crippen LogP contribution in [0.1, 0.15) is 11.3 Å². The van der Waals surface area contributed by atoms with Crippen LogP contribution < -0.4 is 0 Å². The van der Waals surface area contributed by atoms with E-state index in [0.29, 0.717) is 5.65 Å². The normalized spacial score (nSPS) is 11.5. The molecule has 0 aliphatic rings.